The van der Waals surface area contributed by atoms with Gasteiger partial charge in [-0.1, -0.05) is 55.0 Å². The van der Waals surface area contributed by atoms with E-state index in [9.17, 15) is 19.2 Å². The molecule has 9 heteroatoms. The molecule has 0 radical (unpaired) electrons. The van der Waals surface area contributed by atoms with Crippen molar-refractivity contribution in [1.29, 1.82) is 0 Å². The molecule has 0 aromatic heterocycles. The lowest BCUT2D eigenvalue weighted by Crippen LogP contribution is -2.54. The highest BCUT2D eigenvalue weighted by atomic mass is 33.1. The second-order valence-electron chi connectivity index (χ2n) is 9.45. The monoisotopic (exact) mass is 513 g/mol. The highest BCUT2D eigenvalue weighted by Crippen LogP contribution is 2.42. The Morgan fingerprint density at radius 3 is 2.12 bits per heavy atom. The van der Waals surface area contributed by atoms with Gasteiger partial charge in [-0.25, -0.2) is 0 Å². The van der Waals surface area contributed by atoms with Gasteiger partial charge >= 0.3 is 0 Å². The van der Waals surface area contributed by atoms with Gasteiger partial charge in [-0.15, -0.1) is 0 Å². The Morgan fingerprint density at radius 1 is 1.00 bits per heavy atom. The van der Waals surface area contributed by atoms with E-state index in [1.807, 2.05) is 13.8 Å². The van der Waals surface area contributed by atoms with E-state index in [1.54, 1.807) is 48.4 Å². The van der Waals surface area contributed by atoms with Gasteiger partial charge in [-0.05, 0) is 59.5 Å². The van der Waals surface area contributed by atoms with Gasteiger partial charge in [0.1, 0.15) is 17.9 Å². The lowest BCUT2D eigenvalue weighted by molar-refractivity contribution is -0.132. The van der Waals surface area contributed by atoms with E-state index in [2.05, 4.69) is 43.3 Å². The van der Waals surface area contributed by atoms with E-state index in [4.69, 9.17) is 0 Å². The summed E-state index contributed by atoms with van der Waals surface area (Å²) in [6.07, 6.45) is 5.60. The smallest absolute Gasteiger partial charge is 0.246 e. The molecule has 34 heavy (non-hydrogen) atoms. The Morgan fingerprint density at radius 2 is 1.62 bits per heavy atom. The van der Waals surface area contributed by atoms with Gasteiger partial charge in [0.25, 0.3) is 0 Å². The van der Waals surface area contributed by atoms with Crippen molar-refractivity contribution in [3.8, 4) is 0 Å². The SMILES string of the molecule is C=C/C(=C\C)NC(=O)[C@H](C)NC(=O)[C@@H](NC(=O)CCC(C)(C)SSC(C)CCC(C)=O)C(C)C. The molecule has 0 rings (SSSR count). The van der Waals surface area contributed by atoms with Crippen LogP contribution in [0.2, 0.25) is 0 Å². The summed E-state index contributed by atoms with van der Waals surface area (Å²) in [6.45, 7) is 18.6. The summed E-state index contributed by atoms with van der Waals surface area (Å²) in [5.41, 5.74) is 0.562. The molecule has 0 fully saturated rings. The molecular weight excluding hydrogens is 470 g/mol. The van der Waals surface area contributed by atoms with Gasteiger partial charge in [0, 0.05) is 28.5 Å². The number of nitrogens with one attached hydrogen (secondary N) is 3. The van der Waals surface area contributed by atoms with E-state index in [-0.39, 0.29) is 28.3 Å². The van der Waals surface area contributed by atoms with Crippen LogP contribution < -0.4 is 16.0 Å². The van der Waals surface area contributed by atoms with Crippen LogP contribution in [0.3, 0.4) is 0 Å². The second kappa shape index (κ2) is 16.0. The molecule has 1 unspecified atom stereocenters. The van der Waals surface area contributed by atoms with Crippen LogP contribution >= 0.6 is 21.6 Å². The lowest BCUT2D eigenvalue weighted by Gasteiger charge is -2.26. The topological polar surface area (TPSA) is 104 Å². The summed E-state index contributed by atoms with van der Waals surface area (Å²) in [7, 11) is 3.46. The van der Waals surface area contributed by atoms with Crippen molar-refractivity contribution in [2.75, 3.05) is 0 Å². The van der Waals surface area contributed by atoms with Crippen molar-refractivity contribution in [3.05, 3.63) is 24.4 Å². The summed E-state index contributed by atoms with van der Waals surface area (Å²) in [5, 5.41) is 8.55. The zero-order valence-corrected chi connectivity index (χ0v) is 23.6. The minimum Gasteiger partial charge on any atom is -0.344 e. The average Bonchev–Trinajstić information content (AvgIpc) is 2.76. The molecule has 7 nitrogen and oxygen atoms in total. The molecule has 3 amide bonds. The average molecular weight is 514 g/mol. The summed E-state index contributed by atoms with van der Waals surface area (Å²) in [5.74, 6) is -0.888. The van der Waals surface area contributed by atoms with E-state index in [1.165, 1.54) is 6.08 Å². The fourth-order valence-corrected chi connectivity index (χ4v) is 5.40. The normalized spacial score (nSPS) is 14.7. The van der Waals surface area contributed by atoms with Gasteiger partial charge in [0.15, 0.2) is 0 Å². The van der Waals surface area contributed by atoms with Crippen LogP contribution in [0.4, 0.5) is 0 Å². The molecule has 0 heterocycles. The quantitative estimate of drug-likeness (QED) is 0.207. The number of ketones is 1. The van der Waals surface area contributed by atoms with Crippen molar-refractivity contribution in [2.45, 2.75) is 103 Å². The molecule has 0 aromatic rings. The van der Waals surface area contributed by atoms with Gasteiger partial charge in [-0.2, -0.15) is 0 Å². The van der Waals surface area contributed by atoms with Crippen molar-refractivity contribution >= 4 is 45.1 Å². The first-order valence-corrected chi connectivity index (χ1v) is 14.0. The van der Waals surface area contributed by atoms with E-state index in [0.29, 0.717) is 30.2 Å². The Labute approximate surface area is 213 Å². The van der Waals surface area contributed by atoms with Crippen molar-refractivity contribution in [2.24, 2.45) is 5.92 Å². The molecule has 0 aromatic carbocycles. The van der Waals surface area contributed by atoms with Gasteiger partial charge < -0.3 is 20.7 Å². The summed E-state index contributed by atoms with van der Waals surface area (Å²) in [6, 6.07) is -1.50. The van der Waals surface area contributed by atoms with E-state index < -0.39 is 18.0 Å². The maximum Gasteiger partial charge on any atom is 0.246 e. The molecule has 3 N–H and O–H groups in total. The number of carbonyl (C=O) groups excluding carboxylic acids is 4. The summed E-state index contributed by atoms with van der Waals surface area (Å²) >= 11 is 0. The minimum absolute atomic E-state index is 0.135. The predicted molar refractivity (Wildman–Crippen MR) is 144 cm³/mol. The molecule has 0 saturated heterocycles. The number of allylic oxidation sites excluding steroid dienone is 2. The Kier molecular flexibility index (Phi) is 15.2. The van der Waals surface area contributed by atoms with Crippen LogP contribution in [0.1, 0.15) is 81.1 Å². The number of Topliss-reactive ketones (excluding diaryl/α,β-unsaturated/α-hetero) is 1. The number of carbonyl (C=O) groups is 4. The number of hydrogen-bond acceptors (Lipinski definition) is 6. The largest absolute Gasteiger partial charge is 0.344 e. The van der Waals surface area contributed by atoms with Crippen LogP contribution in [-0.2, 0) is 19.2 Å². The molecule has 0 aliphatic rings. The standard InChI is InChI=1S/C25H43N3O4S2/c1-10-20(11-2)27-23(31)19(7)26-24(32)22(16(3)4)28-21(30)14-15-25(8,9)34-33-18(6)13-12-17(5)29/h10-11,16,18-19,22H,1,12-15H2,2-9H3,(H,26,32)(H,27,31)(H,28,30)/b20-11+/t18?,19-,22-/m0/s1. The molecule has 3 atom stereocenters. The van der Waals surface area contributed by atoms with Crippen molar-refractivity contribution in [1.82, 2.24) is 16.0 Å². The predicted octanol–water partition coefficient (Wildman–Crippen LogP) is 4.54. The van der Waals surface area contributed by atoms with Crippen molar-refractivity contribution < 1.29 is 19.2 Å². The van der Waals surface area contributed by atoms with Gasteiger partial charge in [0.05, 0.1) is 0 Å². The van der Waals surface area contributed by atoms with Crippen molar-refractivity contribution in [3.63, 3.8) is 0 Å². The Hall–Kier alpha value is -1.74. The number of hydrogen-bond donors (Lipinski definition) is 3. The van der Waals surface area contributed by atoms with Gasteiger partial charge in [0.2, 0.25) is 17.7 Å². The zero-order chi connectivity index (χ0) is 26.5. The van der Waals surface area contributed by atoms with Crippen LogP contribution in [0, 0.1) is 5.92 Å². The first-order valence-electron chi connectivity index (χ1n) is 11.8. The number of amides is 3. The second-order valence-corrected chi connectivity index (χ2v) is 12.8. The highest BCUT2D eigenvalue weighted by Gasteiger charge is 2.28. The minimum atomic E-state index is -0.766. The van der Waals surface area contributed by atoms with Gasteiger partial charge in [-0.3, -0.25) is 14.4 Å². The maximum atomic E-state index is 12.8. The van der Waals surface area contributed by atoms with Crippen LogP contribution in [0.25, 0.3) is 0 Å². The zero-order valence-electron chi connectivity index (χ0n) is 21.9. The van der Waals surface area contributed by atoms with Crippen LogP contribution in [0.15, 0.2) is 24.4 Å². The molecule has 0 aliphatic heterocycles. The van der Waals surface area contributed by atoms with Crippen LogP contribution in [-0.4, -0.2) is 45.6 Å². The van der Waals surface area contributed by atoms with E-state index in [0.717, 1.165) is 6.42 Å². The fourth-order valence-electron chi connectivity index (χ4n) is 2.76. The van der Waals surface area contributed by atoms with E-state index >= 15 is 0 Å². The Bertz CT molecular complexity index is 750. The first-order chi connectivity index (χ1) is 15.7. The molecular formula is C25H43N3O4S2. The molecule has 0 bridgehead atoms. The maximum absolute atomic E-state index is 12.8. The molecule has 0 spiro atoms. The Balaban J connectivity index is 4.75. The third-order valence-electron chi connectivity index (χ3n) is 5.11. The fraction of sp³-hybridized carbons (Fsp3) is 0.680. The molecule has 0 aliphatic carbocycles. The summed E-state index contributed by atoms with van der Waals surface area (Å²) < 4.78 is -0.135. The molecule has 0 saturated carbocycles. The third kappa shape index (κ3) is 13.8. The molecule has 194 valence electrons. The third-order valence-corrected chi connectivity index (χ3v) is 9.05. The summed E-state index contributed by atoms with van der Waals surface area (Å²) in [4.78, 5) is 48.9. The highest BCUT2D eigenvalue weighted by molar-refractivity contribution is 8.77. The number of rotatable bonds is 16. The first kappa shape index (κ1) is 32.3. The van der Waals surface area contributed by atoms with Crippen LogP contribution in [0.5, 0.6) is 0 Å². The lowest BCUT2D eigenvalue weighted by atomic mass is 10.0.